The number of anilines is 2. The lowest BCUT2D eigenvalue weighted by Gasteiger charge is -2.17. The molecule has 0 aliphatic rings. The summed E-state index contributed by atoms with van der Waals surface area (Å²) in [5.41, 5.74) is 7.59. The van der Waals surface area contributed by atoms with Gasteiger partial charge in [0.25, 0.3) is 5.91 Å². The van der Waals surface area contributed by atoms with Crippen LogP contribution in [-0.2, 0) is 12.0 Å². The van der Waals surface area contributed by atoms with Crippen molar-refractivity contribution in [1.29, 1.82) is 0 Å². The van der Waals surface area contributed by atoms with E-state index < -0.39 is 0 Å². The molecule has 11 heteroatoms. The Bertz CT molecular complexity index is 1190. The highest BCUT2D eigenvalue weighted by Gasteiger charge is 2.23. The first-order chi connectivity index (χ1) is 16.0. The monoisotopic (exact) mass is 482 g/mol. The topological polar surface area (TPSA) is 140 Å². The van der Waals surface area contributed by atoms with Gasteiger partial charge in [-0.25, -0.2) is 24.9 Å². The average molecular weight is 483 g/mol. The standard InChI is InChI=1S/C23H30N8O2S/c1-13(7-15(32)19-14(10-31(5)6)20(24)29-12-28-19)22-25-9-16(34-22)21(33)30-18-8-17(23(2,3)4)26-11-27-18/h8-9,11-13H,7,10H2,1-6H3,(H2,24,28,29)(H,26,27,30,33). The smallest absolute Gasteiger partial charge is 0.268 e. The number of aromatic nitrogens is 5. The number of nitrogens with two attached hydrogens (primary N) is 1. The molecule has 1 amide bonds. The van der Waals surface area contributed by atoms with Gasteiger partial charge in [0.1, 0.15) is 34.9 Å². The molecule has 0 fully saturated rings. The zero-order valence-corrected chi connectivity index (χ0v) is 21.1. The number of rotatable bonds is 8. The van der Waals surface area contributed by atoms with Crippen LogP contribution in [0.25, 0.3) is 0 Å². The fraction of sp³-hybridized carbons (Fsp3) is 0.435. The van der Waals surface area contributed by atoms with Crippen molar-refractivity contribution >= 4 is 34.7 Å². The Balaban J connectivity index is 1.70. The zero-order valence-electron chi connectivity index (χ0n) is 20.3. The second kappa shape index (κ2) is 10.3. The molecule has 3 aromatic heterocycles. The van der Waals surface area contributed by atoms with E-state index in [9.17, 15) is 9.59 Å². The van der Waals surface area contributed by atoms with Gasteiger partial charge in [-0.2, -0.15) is 0 Å². The largest absolute Gasteiger partial charge is 0.383 e. The Labute approximate surface area is 203 Å². The summed E-state index contributed by atoms with van der Waals surface area (Å²) in [6.07, 6.45) is 4.44. The molecule has 3 rings (SSSR count). The highest BCUT2D eigenvalue weighted by Crippen LogP contribution is 2.28. The van der Waals surface area contributed by atoms with Crippen molar-refractivity contribution in [1.82, 2.24) is 29.8 Å². The molecule has 0 aliphatic heterocycles. The quantitative estimate of drug-likeness (QED) is 0.463. The van der Waals surface area contributed by atoms with Crippen molar-refractivity contribution < 1.29 is 9.59 Å². The Kier molecular flexibility index (Phi) is 7.68. The Morgan fingerprint density at radius 2 is 1.82 bits per heavy atom. The summed E-state index contributed by atoms with van der Waals surface area (Å²) in [5, 5.41) is 3.49. The number of hydrogen-bond acceptors (Lipinski definition) is 10. The number of amides is 1. The second-order valence-corrected chi connectivity index (χ2v) is 10.5. The van der Waals surface area contributed by atoms with Crippen LogP contribution in [-0.4, -0.2) is 55.6 Å². The summed E-state index contributed by atoms with van der Waals surface area (Å²) < 4.78 is 0. The molecule has 180 valence electrons. The summed E-state index contributed by atoms with van der Waals surface area (Å²) in [4.78, 5) is 49.1. The first-order valence-corrected chi connectivity index (χ1v) is 11.6. The number of ketones is 1. The predicted molar refractivity (Wildman–Crippen MR) is 132 cm³/mol. The Hall–Kier alpha value is -3.31. The van der Waals surface area contributed by atoms with Gasteiger partial charge >= 0.3 is 0 Å². The lowest BCUT2D eigenvalue weighted by molar-refractivity contribution is 0.0967. The minimum atomic E-state index is -0.308. The van der Waals surface area contributed by atoms with Gasteiger partial charge in [-0.05, 0) is 14.1 Å². The number of Topliss-reactive ketones (excluding diaryl/α,β-unsaturated/α-hetero) is 1. The zero-order chi connectivity index (χ0) is 25.0. The maximum Gasteiger partial charge on any atom is 0.268 e. The number of thiazole rings is 1. The van der Waals surface area contributed by atoms with E-state index in [1.165, 1.54) is 30.2 Å². The van der Waals surface area contributed by atoms with Crippen LogP contribution >= 0.6 is 11.3 Å². The van der Waals surface area contributed by atoms with Crippen LogP contribution < -0.4 is 11.1 Å². The first-order valence-electron chi connectivity index (χ1n) is 10.8. The van der Waals surface area contributed by atoms with E-state index in [1.807, 2.05) is 46.7 Å². The van der Waals surface area contributed by atoms with Crippen molar-refractivity contribution in [2.45, 2.75) is 52.0 Å². The van der Waals surface area contributed by atoms with E-state index in [0.717, 1.165) is 5.69 Å². The van der Waals surface area contributed by atoms with Gasteiger partial charge in [-0.3, -0.25) is 9.59 Å². The maximum atomic E-state index is 13.0. The average Bonchev–Trinajstić information content (AvgIpc) is 3.25. The molecule has 0 aliphatic carbocycles. The van der Waals surface area contributed by atoms with Crippen LogP contribution in [0.15, 0.2) is 24.9 Å². The highest BCUT2D eigenvalue weighted by molar-refractivity contribution is 7.13. The van der Waals surface area contributed by atoms with Gasteiger partial charge < -0.3 is 16.0 Å². The van der Waals surface area contributed by atoms with Gasteiger partial charge in [0.05, 0.1) is 16.9 Å². The second-order valence-electron chi connectivity index (χ2n) is 9.41. The third-order valence-electron chi connectivity index (χ3n) is 5.05. The molecule has 0 aromatic carbocycles. The molecule has 1 atom stereocenters. The number of nitrogen functional groups attached to an aromatic ring is 1. The molecular formula is C23H30N8O2S. The minimum absolute atomic E-state index is 0.143. The van der Waals surface area contributed by atoms with Crippen LogP contribution in [0.1, 0.15) is 76.5 Å². The van der Waals surface area contributed by atoms with Gasteiger partial charge in [0, 0.05) is 35.9 Å². The summed E-state index contributed by atoms with van der Waals surface area (Å²) in [5.74, 6) is 0.0761. The molecule has 0 bridgehead atoms. The summed E-state index contributed by atoms with van der Waals surface area (Å²) in [6, 6.07) is 1.76. The number of carbonyl (C=O) groups is 2. The maximum absolute atomic E-state index is 13.0. The predicted octanol–water partition coefficient (Wildman–Crippen LogP) is 3.29. The molecule has 0 spiro atoms. The molecule has 0 radical (unpaired) electrons. The fourth-order valence-electron chi connectivity index (χ4n) is 3.23. The van der Waals surface area contributed by atoms with E-state index in [-0.39, 0.29) is 29.4 Å². The summed E-state index contributed by atoms with van der Waals surface area (Å²) in [6.45, 7) is 8.48. The first kappa shape index (κ1) is 25.3. The van der Waals surface area contributed by atoms with Crippen LogP contribution in [0.3, 0.4) is 0 Å². The van der Waals surface area contributed by atoms with Gasteiger partial charge in [0.15, 0.2) is 5.78 Å². The number of hydrogen-bond donors (Lipinski definition) is 2. The minimum Gasteiger partial charge on any atom is -0.383 e. The lowest BCUT2D eigenvalue weighted by Crippen LogP contribution is -2.19. The number of carbonyl (C=O) groups excluding carboxylic acids is 2. The van der Waals surface area contributed by atoms with Crippen LogP contribution in [0, 0.1) is 0 Å². The number of nitrogens with zero attached hydrogens (tertiary/aromatic N) is 6. The van der Waals surface area contributed by atoms with Crippen LogP contribution in [0.4, 0.5) is 11.6 Å². The summed E-state index contributed by atoms with van der Waals surface area (Å²) >= 11 is 1.25. The lowest BCUT2D eigenvalue weighted by atomic mass is 9.92. The van der Waals surface area contributed by atoms with Gasteiger partial charge in [-0.1, -0.05) is 27.7 Å². The van der Waals surface area contributed by atoms with E-state index in [4.69, 9.17) is 5.73 Å². The Morgan fingerprint density at radius 1 is 1.12 bits per heavy atom. The van der Waals surface area contributed by atoms with Crippen molar-refractivity contribution in [3.05, 3.63) is 51.8 Å². The van der Waals surface area contributed by atoms with E-state index >= 15 is 0 Å². The SMILES string of the molecule is CC(CC(=O)c1ncnc(N)c1CN(C)C)c1ncc(C(=O)Nc2cc(C(C)(C)C)ncn2)s1. The Morgan fingerprint density at radius 3 is 2.50 bits per heavy atom. The molecule has 3 aromatic rings. The fourth-order valence-corrected chi connectivity index (χ4v) is 4.10. The van der Waals surface area contributed by atoms with Crippen LogP contribution in [0.2, 0.25) is 0 Å². The molecule has 34 heavy (non-hydrogen) atoms. The third-order valence-corrected chi connectivity index (χ3v) is 6.28. The molecule has 1 unspecified atom stereocenters. The number of nitrogens with one attached hydrogen (secondary N) is 1. The van der Waals surface area contributed by atoms with Crippen molar-refractivity contribution in [2.75, 3.05) is 25.1 Å². The molecule has 0 saturated carbocycles. The van der Waals surface area contributed by atoms with E-state index in [1.54, 1.807) is 6.07 Å². The van der Waals surface area contributed by atoms with Crippen molar-refractivity contribution in [3.8, 4) is 0 Å². The molecule has 0 saturated heterocycles. The van der Waals surface area contributed by atoms with E-state index in [2.05, 4.69) is 30.2 Å². The highest BCUT2D eigenvalue weighted by atomic mass is 32.1. The molecular weight excluding hydrogens is 452 g/mol. The normalized spacial score (nSPS) is 12.6. The van der Waals surface area contributed by atoms with Crippen molar-refractivity contribution in [3.63, 3.8) is 0 Å². The van der Waals surface area contributed by atoms with Gasteiger partial charge in [0.2, 0.25) is 0 Å². The molecule has 3 N–H and O–H groups in total. The molecule has 10 nitrogen and oxygen atoms in total. The van der Waals surface area contributed by atoms with Crippen LogP contribution in [0.5, 0.6) is 0 Å². The summed E-state index contributed by atoms with van der Waals surface area (Å²) in [7, 11) is 3.77. The third kappa shape index (κ3) is 6.17. The van der Waals surface area contributed by atoms with Crippen molar-refractivity contribution in [2.24, 2.45) is 0 Å². The van der Waals surface area contributed by atoms with E-state index in [0.29, 0.717) is 39.3 Å². The van der Waals surface area contributed by atoms with Gasteiger partial charge in [-0.15, -0.1) is 11.3 Å². The molecule has 3 heterocycles.